The molecule has 0 heterocycles. The summed E-state index contributed by atoms with van der Waals surface area (Å²) in [6, 6.07) is 6.60. The number of aryl methyl sites for hydroxylation is 2. The minimum absolute atomic E-state index is 0.0834. The van der Waals surface area contributed by atoms with E-state index in [4.69, 9.17) is 0 Å². The van der Waals surface area contributed by atoms with Crippen LogP contribution in [0.1, 0.15) is 36.0 Å². The van der Waals surface area contributed by atoms with Crippen LogP contribution in [0.4, 0.5) is 0 Å². The van der Waals surface area contributed by atoms with Crippen molar-refractivity contribution in [3.63, 3.8) is 0 Å². The standard InChI is InChI=1S/C13H18O/c1-8-4-5-9(2)11(6-8)12-7-13(14)10(12)3/h4-6,10,12-14H,7H2,1-3H3. The molecule has 1 aromatic carbocycles. The van der Waals surface area contributed by atoms with Gasteiger partial charge in [-0.2, -0.15) is 0 Å². The van der Waals surface area contributed by atoms with Crippen LogP contribution in [0.15, 0.2) is 18.2 Å². The van der Waals surface area contributed by atoms with Crippen LogP contribution < -0.4 is 0 Å². The zero-order chi connectivity index (χ0) is 10.3. The van der Waals surface area contributed by atoms with Crippen molar-refractivity contribution in [1.82, 2.24) is 0 Å². The molecule has 0 spiro atoms. The number of rotatable bonds is 1. The molecule has 0 bridgehead atoms. The number of hydrogen-bond acceptors (Lipinski definition) is 1. The van der Waals surface area contributed by atoms with Gasteiger partial charge in [-0.3, -0.25) is 0 Å². The fraction of sp³-hybridized carbons (Fsp3) is 0.538. The lowest BCUT2D eigenvalue weighted by atomic mass is 9.67. The second-order valence-electron chi connectivity index (χ2n) is 4.63. The van der Waals surface area contributed by atoms with E-state index in [0.29, 0.717) is 11.8 Å². The molecule has 0 aromatic heterocycles. The predicted molar refractivity (Wildman–Crippen MR) is 58.4 cm³/mol. The van der Waals surface area contributed by atoms with Gasteiger partial charge in [0.1, 0.15) is 0 Å². The van der Waals surface area contributed by atoms with Crippen molar-refractivity contribution < 1.29 is 5.11 Å². The molecule has 1 aliphatic rings. The van der Waals surface area contributed by atoms with E-state index < -0.39 is 0 Å². The van der Waals surface area contributed by atoms with E-state index in [1.807, 2.05) is 0 Å². The molecular formula is C13H18O. The number of hydrogen-bond donors (Lipinski definition) is 1. The molecule has 3 unspecified atom stereocenters. The topological polar surface area (TPSA) is 20.2 Å². The van der Waals surface area contributed by atoms with Crippen LogP contribution >= 0.6 is 0 Å². The van der Waals surface area contributed by atoms with Crippen LogP contribution in [0.3, 0.4) is 0 Å². The normalized spacial score (nSPS) is 31.3. The van der Waals surface area contributed by atoms with E-state index in [1.54, 1.807) is 0 Å². The van der Waals surface area contributed by atoms with Crippen molar-refractivity contribution in [3.05, 3.63) is 34.9 Å². The molecule has 1 aromatic rings. The summed E-state index contributed by atoms with van der Waals surface area (Å²) in [7, 11) is 0. The van der Waals surface area contributed by atoms with Crippen molar-refractivity contribution in [2.45, 2.75) is 39.2 Å². The Bertz CT molecular complexity index is 343. The van der Waals surface area contributed by atoms with Crippen molar-refractivity contribution in [1.29, 1.82) is 0 Å². The summed E-state index contributed by atoms with van der Waals surface area (Å²) in [6.45, 7) is 6.43. The molecular weight excluding hydrogens is 172 g/mol. The van der Waals surface area contributed by atoms with Crippen molar-refractivity contribution in [2.75, 3.05) is 0 Å². The summed E-state index contributed by atoms with van der Waals surface area (Å²) in [5, 5.41) is 9.51. The van der Waals surface area contributed by atoms with Gasteiger partial charge in [-0.25, -0.2) is 0 Å². The maximum Gasteiger partial charge on any atom is 0.0577 e. The Morgan fingerprint density at radius 3 is 2.57 bits per heavy atom. The third kappa shape index (κ3) is 1.46. The highest BCUT2D eigenvalue weighted by atomic mass is 16.3. The van der Waals surface area contributed by atoms with Gasteiger partial charge >= 0.3 is 0 Å². The Hall–Kier alpha value is -0.820. The molecule has 1 N–H and O–H groups in total. The van der Waals surface area contributed by atoms with Crippen LogP contribution in [-0.2, 0) is 0 Å². The summed E-state index contributed by atoms with van der Waals surface area (Å²) in [6.07, 6.45) is 0.853. The smallest absolute Gasteiger partial charge is 0.0577 e. The van der Waals surface area contributed by atoms with E-state index in [1.165, 1.54) is 16.7 Å². The van der Waals surface area contributed by atoms with Gasteiger partial charge in [0, 0.05) is 0 Å². The fourth-order valence-corrected chi connectivity index (χ4v) is 2.33. The molecule has 14 heavy (non-hydrogen) atoms. The lowest BCUT2D eigenvalue weighted by molar-refractivity contribution is 0.0115. The molecule has 0 aliphatic heterocycles. The zero-order valence-electron chi connectivity index (χ0n) is 9.12. The molecule has 0 amide bonds. The molecule has 76 valence electrons. The van der Waals surface area contributed by atoms with Crippen molar-refractivity contribution in [2.24, 2.45) is 5.92 Å². The second-order valence-corrected chi connectivity index (χ2v) is 4.63. The minimum Gasteiger partial charge on any atom is -0.393 e. The molecule has 1 saturated carbocycles. The number of aliphatic hydroxyl groups excluding tert-OH is 1. The molecule has 1 heteroatoms. The maximum absolute atomic E-state index is 9.51. The fourth-order valence-electron chi connectivity index (χ4n) is 2.33. The number of aliphatic hydroxyl groups is 1. The zero-order valence-corrected chi connectivity index (χ0v) is 9.12. The highest BCUT2D eigenvalue weighted by Crippen LogP contribution is 2.43. The Morgan fingerprint density at radius 1 is 1.29 bits per heavy atom. The molecule has 0 saturated heterocycles. The van der Waals surface area contributed by atoms with Crippen molar-refractivity contribution >= 4 is 0 Å². The van der Waals surface area contributed by atoms with E-state index >= 15 is 0 Å². The minimum atomic E-state index is -0.0834. The SMILES string of the molecule is Cc1ccc(C)c(C2CC(O)C2C)c1. The van der Waals surface area contributed by atoms with E-state index in [2.05, 4.69) is 39.0 Å². The maximum atomic E-state index is 9.51. The van der Waals surface area contributed by atoms with Gasteiger partial charge in [-0.1, -0.05) is 30.7 Å². The molecule has 0 radical (unpaired) electrons. The molecule has 1 aliphatic carbocycles. The van der Waals surface area contributed by atoms with Crippen LogP contribution in [0.25, 0.3) is 0 Å². The quantitative estimate of drug-likeness (QED) is 0.722. The van der Waals surface area contributed by atoms with E-state index in [0.717, 1.165) is 6.42 Å². The highest BCUT2D eigenvalue weighted by Gasteiger charge is 2.37. The molecule has 2 rings (SSSR count). The first-order valence-electron chi connectivity index (χ1n) is 5.35. The van der Waals surface area contributed by atoms with E-state index in [-0.39, 0.29) is 6.10 Å². The summed E-state index contributed by atoms with van der Waals surface area (Å²) < 4.78 is 0. The Labute approximate surface area is 85.8 Å². The molecule has 1 nitrogen and oxygen atoms in total. The third-order valence-electron chi connectivity index (χ3n) is 3.57. The second kappa shape index (κ2) is 3.39. The average Bonchev–Trinajstić information content (AvgIpc) is 2.18. The van der Waals surface area contributed by atoms with Gasteiger partial charge in [0.25, 0.3) is 0 Å². The monoisotopic (exact) mass is 190 g/mol. The lowest BCUT2D eigenvalue weighted by Gasteiger charge is -2.40. The van der Waals surface area contributed by atoms with E-state index in [9.17, 15) is 5.11 Å². The Morgan fingerprint density at radius 2 is 2.00 bits per heavy atom. The van der Waals surface area contributed by atoms with Gasteiger partial charge in [-0.05, 0) is 43.2 Å². The predicted octanol–water partition coefficient (Wildman–Crippen LogP) is 2.79. The molecule has 3 atom stereocenters. The first-order valence-corrected chi connectivity index (χ1v) is 5.35. The van der Waals surface area contributed by atoms with Crippen LogP contribution in [0.2, 0.25) is 0 Å². The van der Waals surface area contributed by atoms with Crippen LogP contribution in [-0.4, -0.2) is 11.2 Å². The Kier molecular flexibility index (Phi) is 2.36. The third-order valence-corrected chi connectivity index (χ3v) is 3.57. The van der Waals surface area contributed by atoms with Gasteiger partial charge in [-0.15, -0.1) is 0 Å². The lowest BCUT2D eigenvalue weighted by Crippen LogP contribution is -2.37. The van der Waals surface area contributed by atoms with Crippen molar-refractivity contribution in [3.8, 4) is 0 Å². The highest BCUT2D eigenvalue weighted by molar-refractivity contribution is 5.35. The summed E-state index contributed by atoms with van der Waals surface area (Å²) >= 11 is 0. The average molecular weight is 190 g/mol. The van der Waals surface area contributed by atoms with Crippen LogP contribution in [0, 0.1) is 19.8 Å². The first-order chi connectivity index (χ1) is 6.59. The van der Waals surface area contributed by atoms with Gasteiger partial charge < -0.3 is 5.11 Å². The summed E-state index contributed by atoms with van der Waals surface area (Å²) in [5.41, 5.74) is 4.11. The van der Waals surface area contributed by atoms with Gasteiger partial charge in [0.05, 0.1) is 6.10 Å². The van der Waals surface area contributed by atoms with Gasteiger partial charge in [0.2, 0.25) is 0 Å². The van der Waals surface area contributed by atoms with Crippen LogP contribution in [0.5, 0.6) is 0 Å². The summed E-state index contributed by atoms with van der Waals surface area (Å²) in [5.74, 6) is 1.00. The largest absolute Gasteiger partial charge is 0.393 e. The number of benzene rings is 1. The molecule has 1 fully saturated rings. The Balaban J connectivity index is 2.28. The first kappa shape index (κ1) is 9.72. The van der Waals surface area contributed by atoms with Gasteiger partial charge in [0.15, 0.2) is 0 Å². The summed E-state index contributed by atoms with van der Waals surface area (Å²) in [4.78, 5) is 0.